The van der Waals surface area contributed by atoms with Gasteiger partial charge >= 0.3 is 0 Å². The second kappa shape index (κ2) is 7.00. The zero-order valence-corrected chi connectivity index (χ0v) is 13.8. The van der Waals surface area contributed by atoms with Gasteiger partial charge in [0, 0.05) is 17.5 Å². The molecule has 6 heteroatoms. The average Bonchev–Trinajstić information content (AvgIpc) is 2.41. The minimum Gasteiger partial charge on any atom is -0.491 e. The van der Waals surface area contributed by atoms with Gasteiger partial charge in [-0.1, -0.05) is 35.5 Å². The van der Waals surface area contributed by atoms with Gasteiger partial charge in [-0.05, 0) is 31.9 Å². The van der Waals surface area contributed by atoms with Crippen molar-refractivity contribution in [1.82, 2.24) is 9.97 Å². The lowest BCUT2D eigenvalue weighted by Gasteiger charge is -2.12. The van der Waals surface area contributed by atoms with E-state index >= 15 is 0 Å². The molecule has 0 aliphatic carbocycles. The van der Waals surface area contributed by atoms with Gasteiger partial charge < -0.3 is 9.72 Å². The molecule has 0 unspecified atom stereocenters. The maximum absolute atomic E-state index is 11.3. The first-order valence-electron chi connectivity index (χ1n) is 6.56. The third kappa shape index (κ3) is 4.25. The van der Waals surface area contributed by atoms with Crippen molar-refractivity contribution in [2.75, 3.05) is 12.4 Å². The molecule has 0 fully saturated rings. The Balaban J connectivity index is 1.93. The molecule has 0 spiro atoms. The van der Waals surface area contributed by atoms with Crippen LogP contribution < -0.4 is 10.3 Å². The molecule has 1 aromatic heterocycles. The highest BCUT2D eigenvalue weighted by molar-refractivity contribution is 7.99. The van der Waals surface area contributed by atoms with Crippen molar-refractivity contribution < 1.29 is 4.74 Å². The molecule has 0 aliphatic rings. The highest BCUT2D eigenvalue weighted by Gasteiger charge is 2.08. The Morgan fingerprint density at radius 2 is 2.00 bits per heavy atom. The van der Waals surface area contributed by atoms with Gasteiger partial charge in [-0.2, -0.15) is 0 Å². The summed E-state index contributed by atoms with van der Waals surface area (Å²) in [5, 5.41) is 1.26. The Morgan fingerprint density at radius 1 is 1.29 bits per heavy atom. The van der Waals surface area contributed by atoms with Crippen molar-refractivity contribution in [3.05, 3.63) is 50.4 Å². The summed E-state index contributed by atoms with van der Waals surface area (Å²) in [6.45, 7) is 6.20. The van der Waals surface area contributed by atoms with Gasteiger partial charge in [0.05, 0.1) is 11.6 Å². The molecule has 0 saturated heterocycles. The molecule has 1 N–H and O–H groups in total. The lowest BCUT2D eigenvalue weighted by molar-refractivity contribution is 0.341. The molecule has 2 aromatic rings. The molecule has 0 atom stereocenters. The molecule has 4 nitrogen and oxygen atoms in total. The monoisotopic (exact) mass is 324 g/mol. The van der Waals surface area contributed by atoms with Crippen LogP contribution in [0.3, 0.4) is 0 Å². The molecule has 112 valence electrons. The number of aromatic nitrogens is 2. The zero-order valence-electron chi connectivity index (χ0n) is 12.2. The highest BCUT2D eigenvalue weighted by atomic mass is 35.5. The summed E-state index contributed by atoms with van der Waals surface area (Å²) in [4.78, 5) is 18.3. The summed E-state index contributed by atoms with van der Waals surface area (Å²) in [7, 11) is 0. The smallest absolute Gasteiger partial charge is 0.251 e. The number of halogens is 1. The predicted octanol–water partition coefficient (Wildman–Crippen LogP) is 3.52. The molecule has 0 bridgehead atoms. The van der Waals surface area contributed by atoms with Crippen LogP contribution in [0, 0.1) is 20.8 Å². The molecule has 0 saturated carbocycles. The van der Waals surface area contributed by atoms with Gasteiger partial charge in [-0.3, -0.25) is 4.79 Å². The van der Waals surface area contributed by atoms with Crippen LogP contribution in [0.15, 0.2) is 28.2 Å². The Morgan fingerprint density at radius 3 is 2.71 bits per heavy atom. The standard InChI is InChI=1S/C15H17ClN2O2S/c1-9-4-5-10(2)14(13(9)16)20-6-7-21-15-17-11(3)8-12(19)18-15/h4-5,8H,6-7H2,1-3H3,(H,17,18,19). The Labute approximate surface area is 132 Å². The van der Waals surface area contributed by atoms with Gasteiger partial charge in [0.2, 0.25) is 0 Å². The Kier molecular flexibility index (Phi) is 5.31. The lowest BCUT2D eigenvalue weighted by atomic mass is 10.1. The van der Waals surface area contributed by atoms with Gasteiger partial charge in [0.1, 0.15) is 5.75 Å². The Hall–Kier alpha value is -1.46. The topological polar surface area (TPSA) is 55.0 Å². The van der Waals surface area contributed by atoms with E-state index in [1.165, 1.54) is 17.8 Å². The second-order valence-corrected chi connectivity index (χ2v) is 6.19. The number of nitrogens with one attached hydrogen (secondary N) is 1. The second-order valence-electron chi connectivity index (χ2n) is 4.73. The quantitative estimate of drug-likeness (QED) is 0.519. The van der Waals surface area contributed by atoms with Crippen LogP contribution in [0.5, 0.6) is 5.75 Å². The molecule has 1 aromatic carbocycles. The maximum Gasteiger partial charge on any atom is 0.251 e. The van der Waals surface area contributed by atoms with E-state index in [0.717, 1.165) is 16.9 Å². The number of aryl methyl sites for hydroxylation is 3. The van der Waals surface area contributed by atoms with Crippen molar-refractivity contribution in [2.45, 2.75) is 25.9 Å². The van der Waals surface area contributed by atoms with Gasteiger partial charge in [0.15, 0.2) is 5.16 Å². The number of aromatic amines is 1. The zero-order chi connectivity index (χ0) is 15.4. The van der Waals surface area contributed by atoms with E-state index in [-0.39, 0.29) is 5.56 Å². The van der Waals surface area contributed by atoms with E-state index in [0.29, 0.717) is 28.2 Å². The summed E-state index contributed by atoms with van der Waals surface area (Å²) < 4.78 is 5.76. The van der Waals surface area contributed by atoms with Crippen LogP contribution in [0.2, 0.25) is 5.02 Å². The van der Waals surface area contributed by atoms with Crippen molar-refractivity contribution in [2.24, 2.45) is 0 Å². The fourth-order valence-corrected chi connectivity index (χ4v) is 2.84. The highest BCUT2D eigenvalue weighted by Crippen LogP contribution is 2.31. The first-order valence-corrected chi connectivity index (χ1v) is 7.93. The molecule has 0 aliphatic heterocycles. The van der Waals surface area contributed by atoms with Crippen LogP contribution in [0.25, 0.3) is 0 Å². The average molecular weight is 325 g/mol. The number of thioether (sulfide) groups is 1. The maximum atomic E-state index is 11.3. The molecule has 1 heterocycles. The number of nitrogens with zero attached hydrogens (tertiary/aromatic N) is 1. The van der Waals surface area contributed by atoms with Crippen molar-refractivity contribution >= 4 is 23.4 Å². The normalized spacial score (nSPS) is 10.7. The third-order valence-electron chi connectivity index (χ3n) is 2.90. The van der Waals surface area contributed by atoms with Gasteiger partial charge in [-0.15, -0.1) is 0 Å². The third-order valence-corrected chi connectivity index (χ3v) is 4.21. The van der Waals surface area contributed by atoms with Crippen LogP contribution in [-0.4, -0.2) is 22.3 Å². The first-order chi connectivity index (χ1) is 9.97. The van der Waals surface area contributed by atoms with Crippen molar-refractivity contribution in [3.8, 4) is 5.75 Å². The summed E-state index contributed by atoms with van der Waals surface area (Å²) in [5.41, 5.74) is 2.58. The van der Waals surface area contributed by atoms with Crippen LogP contribution in [0.4, 0.5) is 0 Å². The van der Waals surface area contributed by atoms with Gasteiger partial charge in [0.25, 0.3) is 5.56 Å². The van der Waals surface area contributed by atoms with Crippen LogP contribution >= 0.6 is 23.4 Å². The minimum absolute atomic E-state index is 0.136. The SMILES string of the molecule is Cc1cc(=O)[nH]c(SCCOc2c(C)ccc(C)c2Cl)n1. The van der Waals surface area contributed by atoms with Crippen molar-refractivity contribution in [3.63, 3.8) is 0 Å². The number of H-pyrrole nitrogens is 1. The number of hydrogen-bond acceptors (Lipinski definition) is 4. The molecule has 0 amide bonds. The minimum atomic E-state index is -0.136. The summed E-state index contributed by atoms with van der Waals surface area (Å²) >= 11 is 7.69. The predicted molar refractivity (Wildman–Crippen MR) is 86.7 cm³/mol. The number of benzene rings is 1. The summed E-state index contributed by atoms with van der Waals surface area (Å²) in [6, 6.07) is 5.43. The van der Waals surface area contributed by atoms with Crippen molar-refractivity contribution in [1.29, 1.82) is 0 Å². The van der Waals surface area contributed by atoms with E-state index in [1.54, 1.807) is 6.92 Å². The number of ether oxygens (including phenoxy) is 1. The fourth-order valence-electron chi connectivity index (χ4n) is 1.83. The van der Waals surface area contributed by atoms with Crippen LogP contribution in [-0.2, 0) is 0 Å². The number of hydrogen-bond donors (Lipinski definition) is 1. The molecular weight excluding hydrogens is 308 g/mol. The molecule has 0 radical (unpaired) electrons. The molecule has 21 heavy (non-hydrogen) atoms. The van der Waals surface area contributed by atoms with E-state index in [4.69, 9.17) is 16.3 Å². The van der Waals surface area contributed by atoms with E-state index < -0.39 is 0 Å². The van der Waals surface area contributed by atoms with Gasteiger partial charge in [-0.25, -0.2) is 4.98 Å². The summed E-state index contributed by atoms with van der Waals surface area (Å²) in [5.74, 6) is 1.40. The van der Waals surface area contributed by atoms with E-state index in [9.17, 15) is 4.79 Å². The first kappa shape index (κ1) is 15.9. The largest absolute Gasteiger partial charge is 0.491 e. The van der Waals surface area contributed by atoms with Crippen LogP contribution in [0.1, 0.15) is 16.8 Å². The van der Waals surface area contributed by atoms with E-state index in [2.05, 4.69) is 9.97 Å². The van der Waals surface area contributed by atoms with E-state index in [1.807, 2.05) is 26.0 Å². The lowest BCUT2D eigenvalue weighted by Crippen LogP contribution is -2.09. The molecule has 2 rings (SSSR count). The molecular formula is C15H17ClN2O2S. The summed E-state index contributed by atoms with van der Waals surface area (Å²) in [6.07, 6.45) is 0. The fraction of sp³-hybridized carbons (Fsp3) is 0.333. The Bertz CT molecular complexity index is 701. The number of rotatable bonds is 5.